The van der Waals surface area contributed by atoms with E-state index in [0.717, 1.165) is 0 Å². The molecule has 0 atom stereocenters. The lowest BCUT2D eigenvalue weighted by Gasteiger charge is -2.05. The summed E-state index contributed by atoms with van der Waals surface area (Å²) in [5.74, 6) is -0.271. The largest absolute Gasteiger partial charge is 0.464 e. The first-order valence-electron chi connectivity index (χ1n) is 6.11. The van der Waals surface area contributed by atoms with Gasteiger partial charge in [0.25, 0.3) is 5.91 Å². The number of sulfonamides is 1. The number of hydrogen-bond acceptors (Lipinski definition) is 5. The van der Waals surface area contributed by atoms with Crippen molar-refractivity contribution >= 4 is 15.9 Å². The molecule has 0 bridgehead atoms. The quantitative estimate of drug-likeness (QED) is 0.869. The molecule has 2 heterocycles. The van der Waals surface area contributed by atoms with E-state index in [1.54, 1.807) is 24.4 Å². The summed E-state index contributed by atoms with van der Waals surface area (Å²) in [4.78, 5) is 16.0. The van der Waals surface area contributed by atoms with Crippen LogP contribution in [0.25, 0.3) is 0 Å². The standard InChI is InChI=1S/C13H15N3O4S/c1-8-11(12(9(2)20-8)21(14,18)19)13(17)16-7-10-5-3-4-6-15-10/h3-6H,7H2,1-2H3,(H,16,17)(H2,14,18,19). The van der Waals surface area contributed by atoms with Gasteiger partial charge in [0, 0.05) is 6.20 Å². The molecule has 0 spiro atoms. The highest BCUT2D eigenvalue weighted by atomic mass is 32.2. The molecule has 112 valence electrons. The summed E-state index contributed by atoms with van der Waals surface area (Å²) in [5, 5.41) is 7.74. The maximum atomic E-state index is 12.2. The van der Waals surface area contributed by atoms with E-state index >= 15 is 0 Å². The molecule has 0 saturated heterocycles. The van der Waals surface area contributed by atoms with E-state index in [1.165, 1.54) is 13.8 Å². The zero-order valence-corrected chi connectivity index (χ0v) is 12.4. The first-order chi connectivity index (χ1) is 9.80. The summed E-state index contributed by atoms with van der Waals surface area (Å²) in [5.41, 5.74) is 0.590. The summed E-state index contributed by atoms with van der Waals surface area (Å²) in [6, 6.07) is 5.29. The number of carbonyl (C=O) groups is 1. The van der Waals surface area contributed by atoms with Crippen molar-refractivity contribution in [2.24, 2.45) is 5.14 Å². The average Bonchev–Trinajstić information content (AvgIpc) is 2.72. The van der Waals surface area contributed by atoms with Gasteiger partial charge < -0.3 is 9.73 Å². The lowest BCUT2D eigenvalue weighted by atomic mass is 10.2. The fourth-order valence-electron chi connectivity index (χ4n) is 2.03. The second kappa shape index (κ2) is 5.66. The molecule has 3 N–H and O–H groups in total. The van der Waals surface area contributed by atoms with Crippen molar-refractivity contribution in [3.63, 3.8) is 0 Å². The summed E-state index contributed by atoms with van der Waals surface area (Å²) in [6.45, 7) is 3.13. The number of primary sulfonamides is 1. The van der Waals surface area contributed by atoms with Gasteiger partial charge >= 0.3 is 0 Å². The smallest absolute Gasteiger partial charge is 0.256 e. The maximum absolute atomic E-state index is 12.2. The molecule has 0 aliphatic carbocycles. The first-order valence-corrected chi connectivity index (χ1v) is 7.66. The van der Waals surface area contributed by atoms with E-state index in [2.05, 4.69) is 10.3 Å². The predicted molar refractivity (Wildman–Crippen MR) is 75.0 cm³/mol. The van der Waals surface area contributed by atoms with Crippen LogP contribution in [0.1, 0.15) is 27.6 Å². The summed E-state index contributed by atoms with van der Waals surface area (Å²) in [6.07, 6.45) is 1.60. The number of nitrogens with zero attached hydrogens (tertiary/aromatic N) is 1. The molecular formula is C13H15N3O4S. The molecule has 1 amide bonds. The van der Waals surface area contributed by atoms with Gasteiger partial charge in [0.2, 0.25) is 10.0 Å². The highest BCUT2D eigenvalue weighted by molar-refractivity contribution is 7.89. The number of rotatable bonds is 4. The normalized spacial score (nSPS) is 11.4. The van der Waals surface area contributed by atoms with Crippen molar-refractivity contribution < 1.29 is 17.6 Å². The van der Waals surface area contributed by atoms with E-state index in [1.807, 2.05) is 0 Å². The Labute approximate surface area is 122 Å². The molecule has 0 fully saturated rings. The fourth-order valence-corrected chi connectivity index (χ4v) is 2.99. The molecule has 2 rings (SSSR count). The van der Waals surface area contributed by atoms with Crippen molar-refractivity contribution in [2.75, 3.05) is 0 Å². The summed E-state index contributed by atoms with van der Waals surface area (Å²) in [7, 11) is -4.04. The molecule has 21 heavy (non-hydrogen) atoms. The number of amides is 1. The van der Waals surface area contributed by atoms with Crippen LogP contribution in [0.3, 0.4) is 0 Å². The van der Waals surface area contributed by atoms with Gasteiger partial charge in [0.1, 0.15) is 22.0 Å². The van der Waals surface area contributed by atoms with Gasteiger partial charge in [-0.15, -0.1) is 0 Å². The third kappa shape index (κ3) is 3.29. The maximum Gasteiger partial charge on any atom is 0.256 e. The van der Waals surface area contributed by atoms with Crippen LogP contribution in [0.5, 0.6) is 0 Å². The van der Waals surface area contributed by atoms with Crippen LogP contribution in [-0.4, -0.2) is 19.3 Å². The molecule has 0 aromatic carbocycles. The minimum atomic E-state index is -4.04. The van der Waals surface area contributed by atoms with Crippen LogP contribution in [0.2, 0.25) is 0 Å². The zero-order valence-electron chi connectivity index (χ0n) is 11.6. The van der Waals surface area contributed by atoms with Crippen LogP contribution in [0, 0.1) is 13.8 Å². The van der Waals surface area contributed by atoms with Gasteiger partial charge in [-0.3, -0.25) is 9.78 Å². The Morgan fingerprint density at radius 1 is 1.33 bits per heavy atom. The Bertz CT molecular complexity index is 766. The lowest BCUT2D eigenvalue weighted by Crippen LogP contribution is -2.26. The molecule has 0 radical (unpaired) electrons. The van der Waals surface area contributed by atoms with E-state index in [4.69, 9.17) is 9.56 Å². The Morgan fingerprint density at radius 2 is 2.05 bits per heavy atom. The SMILES string of the molecule is Cc1oc(C)c(S(N)(=O)=O)c1C(=O)NCc1ccccn1. The number of furan rings is 1. The van der Waals surface area contributed by atoms with Gasteiger partial charge in [0.15, 0.2) is 0 Å². The third-order valence-electron chi connectivity index (χ3n) is 2.87. The summed E-state index contributed by atoms with van der Waals surface area (Å²) < 4.78 is 28.4. The molecule has 0 aliphatic heterocycles. The number of nitrogens with two attached hydrogens (primary N) is 1. The van der Waals surface area contributed by atoms with Crippen molar-refractivity contribution in [1.82, 2.24) is 10.3 Å². The number of aromatic nitrogens is 1. The van der Waals surface area contributed by atoms with E-state index < -0.39 is 15.9 Å². The molecule has 0 aliphatic rings. The predicted octanol–water partition coefficient (Wildman–Crippen LogP) is 0.869. The van der Waals surface area contributed by atoms with Crippen LogP contribution < -0.4 is 10.5 Å². The molecule has 2 aromatic heterocycles. The van der Waals surface area contributed by atoms with Crippen molar-refractivity contribution in [1.29, 1.82) is 0 Å². The number of hydrogen-bond donors (Lipinski definition) is 2. The topological polar surface area (TPSA) is 115 Å². The molecular weight excluding hydrogens is 294 g/mol. The second-order valence-corrected chi connectivity index (χ2v) is 5.97. The van der Waals surface area contributed by atoms with Gasteiger partial charge in [-0.1, -0.05) is 6.07 Å². The van der Waals surface area contributed by atoms with Crippen molar-refractivity contribution in [3.05, 3.63) is 47.2 Å². The van der Waals surface area contributed by atoms with Gasteiger partial charge in [-0.05, 0) is 26.0 Å². The number of nitrogens with one attached hydrogen (secondary N) is 1. The number of pyridine rings is 1. The van der Waals surface area contributed by atoms with E-state index in [0.29, 0.717) is 5.69 Å². The van der Waals surface area contributed by atoms with E-state index in [9.17, 15) is 13.2 Å². The molecule has 0 unspecified atom stereocenters. The minimum Gasteiger partial charge on any atom is -0.464 e. The lowest BCUT2D eigenvalue weighted by molar-refractivity contribution is 0.0946. The molecule has 0 saturated carbocycles. The van der Waals surface area contributed by atoms with Crippen LogP contribution in [0.15, 0.2) is 33.7 Å². The number of aryl methyl sites for hydroxylation is 2. The van der Waals surface area contributed by atoms with Crippen LogP contribution >= 0.6 is 0 Å². The zero-order chi connectivity index (χ0) is 15.6. The van der Waals surface area contributed by atoms with Crippen LogP contribution in [-0.2, 0) is 16.6 Å². The average molecular weight is 309 g/mol. The monoisotopic (exact) mass is 309 g/mol. The highest BCUT2D eigenvalue weighted by Gasteiger charge is 2.28. The van der Waals surface area contributed by atoms with Gasteiger partial charge in [0.05, 0.1) is 12.2 Å². The fraction of sp³-hybridized carbons (Fsp3) is 0.231. The third-order valence-corrected chi connectivity index (χ3v) is 3.93. The molecule has 8 heteroatoms. The Balaban J connectivity index is 2.28. The first kappa shape index (κ1) is 15.2. The van der Waals surface area contributed by atoms with Gasteiger partial charge in [-0.25, -0.2) is 13.6 Å². The van der Waals surface area contributed by atoms with Crippen molar-refractivity contribution in [2.45, 2.75) is 25.3 Å². The Morgan fingerprint density at radius 3 is 2.62 bits per heavy atom. The highest BCUT2D eigenvalue weighted by Crippen LogP contribution is 2.25. The van der Waals surface area contributed by atoms with Gasteiger partial charge in [-0.2, -0.15) is 0 Å². The molecule has 2 aromatic rings. The van der Waals surface area contributed by atoms with Crippen LogP contribution in [0.4, 0.5) is 0 Å². The molecule has 7 nitrogen and oxygen atoms in total. The second-order valence-electron chi connectivity index (χ2n) is 4.47. The van der Waals surface area contributed by atoms with Crippen molar-refractivity contribution in [3.8, 4) is 0 Å². The Hall–Kier alpha value is -2.19. The number of carbonyl (C=O) groups excluding carboxylic acids is 1. The van der Waals surface area contributed by atoms with E-state index in [-0.39, 0.29) is 28.5 Å². The Kier molecular flexibility index (Phi) is 4.10. The minimum absolute atomic E-state index is 0.0640. The summed E-state index contributed by atoms with van der Waals surface area (Å²) >= 11 is 0.